The van der Waals surface area contributed by atoms with Gasteiger partial charge in [0, 0.05) is 6.61 Å². The highest BCUT2D eigenvalue weighted by Gasteiger charge is 2.14. The Bertz CT molecular complexity index is 103. The van der Waals surface area contributed by atoms with Crippen molar-refractivity contribution in [1.82, 2.24) is 0 Å². The lowest BCUT2D eigenvalue weighted by molar-refractivity contribution is 0.174. The number of hydrogen-bond donors (Lipinski definition) is 0. The molecule has 1 aliphatic heterocycles. The van der Waals surface area contributed by atoms with Gasteiger partial charge in [-0.25, -0.2) is 0 Å². The standard InChI is InChI=1S/C5H7NOS/c6-4-8-5-2-1-3-7-5/h5H,1-3H2. The molecule has 0 radical (unpaired) electrons. The van der Waals surface area contributed by atoms with E-state index >= 15 is 0 Å². The van der Waals surface area contributed by atoms with E-state index in [1.165, 1.54) is 11.8 Å². The number of thiocyanates is 1. The molecule has 0 aromatic heterocycles. The summed E-state index contributed by atoms with van der Waals surface area (Å²) in [5.41, 5.74) is 0.167. The van der Waals surface area contributed by atoms with Crippen LogP contribution in [-0.2, 0) is 4.74 Å². The van der Waals surface area contributed by atoms with Crippen molar-refractivity contribution in [3.63, 3.8) is 0 Å². The zero-order valence-corrected chi connectivity index (χ0v) is 5.28. The molecule has 0 spiro atoms. The lowest BCUT2D eigenvalue weighted by atomic mass is 10.4. The number of nitriles is 1. The lowest BCUT2D eigenvalue weighted by Gasteiger charge is -1.98. The van der Waals surface area contributed by atoms with Gasteiger partial charge in [0.1, 0.15) is 10.8 Å². The monoisotopic (exact) mass is 129 g/mol. The molecule has 8 heavy (non-hydrogen) atoms. The van der Waals surface area contributed by atoms with Crippen LogP contribution in [0, 0.1) is 10.7 Å². The summed E-state index contributed by atoms with van der Waals surface area (Å²) in [6, 6.07) is 0. The molecule has 0 N–H and O–H groups in total. The Morgan fingerprint density at radius 1 is 1.75 bits per heavy atom. The van der Waals surface area contributed by atoms with Crippen molar-refractivity contribution in [3.05, 3.63) is 0 Å². The first-order valence-electron chi connectivity index (χ1n) is 2.60. The lowest BCUT2D eigenvalue weighted by Crippen LogP contribution is -1.94. The predicted molar refractivity (Wildman–Crippen MR) is 32.2 cm³/mol. The Labute approximate surface area is 52.8 Å². The Morgan fingerprint density at radius 2 is 2.62 bits per heavy atom. The van der Waals surface area contributed by atoms with E-state index in [0.29, 0.717) is 0 Å². The zero-order valence-electron chi connectivity index (χ0n) is 4.46. The Kier molecular flexibility index (Phi) is 2.19. The molecule has 0 bridgehead atoms. The summed E-state index contributed by atoms with van der Waals surface area (Å²) >= 11 is 1.22. The summed E-state index contributed by atoms with van der Waals surface area (Å²) in [6.45, 7) is 0.833. The Morgan fingerprint density at radius 3 is 3.12 bits per heavy atom. The second-order valence-corrected chi connectivity index (χ2v) is 2.60. The van der Waals surface area contributed by atoms with Gasteiger partial charge in [0.05, 0.1) is 0 Å². The maximum atomic E-state index is 8.16. The number of ether oxygens (including phenoxy) is 1. The second kappa shape index (κ2) is 2.95. The molecular weight excluding hydrogens is 122 g/mol. The van der Waals surface area contributed by atoms with E-state index in [9.17, 15) is 0 Å². The van der Waals surface area contributed by atoms with E-state index in [4.69, 9.17) is 10.00 Å². The molecule has 0 saturated carbocycles. The van der Waals surface area contributed by atoms with Crippen molar-refractivity contribution >= 4 is 11.8 Å². The number of thioether (sulfide) groups is 1. The van der Waals surface area contributed by atoms with Gasteiger partial charge in [0.25, 0.3) is 0 Å². The van der Waals surface area contributed by atoms with Gasteiger partial charge in [-0.2, -0.15) is 5.26 Å². The third-order valence-corrected chi connectivity index (χ3v) is 1.81. The second-order valence-electron chi connectivity index (χ2n) is 1.65. The van der Waals surface area contributed by atoms with Crippen LogP contribution in [0.1, 0.15) is 12.8 Å². The highest BCUT2D eigenvalue weighted by Crippen LogP contribution is 2.21. The van der Waals surface area contributed by atoms with E-state index in [2.05, 4.69) is 0 Å². The summed E-state index contributed by atoms with van der Waals surface area (Å²) in [7, 11) is 0. The van der Waals surface area contributed by atoms with Crippen molar-refractivity contribution in [3.8, 4) is 5.40 Å². The van der Waals surface area contributed by atoms with E-state index < -0.39 is 0 Å². The molecule has 0 aliphatic carbocycles. The maximum Gasteiger partial charge on any atom is 0.136 e. The highest BCUT2D eigenvalue weighted by molar-refractivity contribution is 8.04. The van der Waals surface area contributed by atoms with Gasteiger partial charge in [-0.05, 0) is 24.6 Å². The molecule has 2 nitrogen and oxygen atoms in total. The first kappa shape index (κ1) is 5.93. The van der Waals surface area contributed by atoms with Crippen molar-refractivity contribution in [2.45, 2.75) is 18.3 Å². The van der Waals surface area contributed by atoms with Crippen LogP contribution < -0.4 is 0 Å². The van der Waals surface area contributed by atoms with Gasteiger partial charge in [-0.3, -0.25) is 0 Å². The molecular formula is C5H7NOS. The van der Waals surface area contributed by atoms with Crippen LogP contribution in [0.4, 0.5) is 0 Å². The number of hydrogen-bond acceptors (Lipinski definition) is 3. The zero-order chi connectivity index (χ0) is 5.82. The number of nitrogens with zero attached hydrogens (tertiary/aromatic N) is 1. The molecule has 1 fully saturated rings. The first-order valence-corrected chi connectivity index (χ1v) is 3.48. The quantitative estimate of drug-likeness (QED) is 0.501. The Hall–Kier alpha value is -0.200. The van der Waals surface area contributed by atoms with E-state index in [0.717, 1.165) is 19.4 Å². The van der Waals surface area contributed by atoms with Gasteiger partial charge < -0.3 is 4.74 Å². The van der Waals surface area contributed by atoms with E-state index in [1.54, 1.807) is 0 Å². The fraction of sp³-hybridized carbons (Fsp3) is 0.800. The first-order chi connectivity index (χ1) is 3.93. The van der Waals surface area contributed by atoms with Crippen LogP contribution in [-0.4, -0.2) is 12.0 Å². The van der Waals surface area contributed by atoms with Gasteiger partial charge in [0.2, 0.25) is 0 Å². The minimum Gasteiger partial charge on any atom is -0.367 e. The Balaban J connectivity index is 2.17. The van der Waals surface area contributed by atoms with Gasteiger partial charge in [0.15, 0.2) is 0 Å². The van der Waals surface area contributed by atoms with Crippen molar-refractivity contribution in [2.75, 3.05) is 6.61 Å². The van der Waals surface area contributed by atoms with Crippen LogP contribution in [0.5, 0.6) is 0 Å². The van der Waals surface area contributed by atoms with Crippen LogP contribution >= 0.6 is 11.8 Å². The third kappa shape index (κ3) is 1.39. The van der Waals surface area contributed by atoms with Crippen LogP contribution in [0.15, 0.2) is 0 Å². The summed E-state index contributed by atoms with van der Waals surface area (Å²) in [6.07, 6.45) is 2.15. The third-order valence-electron chi connectivity index (χ3n) is 1.07. The summed E-state index contributed by atoms with van der Waals surface area (Å²) in [5, 5.41) is 10.2. The molecule has 0 aromatic carbocycles. The van der Waals surface area contributed by atoms with Crippen molar-refractivity contribution in [1.29, 1.82) is 5.26 Å². The van der Waals surface area contributed by atoms with Crippen molar-refractivity contribution in [2.24, 2.45) is 0 Å². The van der Waals surface area contributed by atoms with Crippen LogP contribution in [0.2, 0.25) is 0 Å². The fourth-order valence-electron chi connectivity index (χ4n) is 0.700. The summed E-state index contributed by atoms with van der Waals surface area (Å²) in [4.78, 5) is 0. The topological polar surface area (TPSA) is 33.0 Å². The van der Waals surface area contributed by atoms with Crippen LogP contribution in [0.25, 0.3) is 0 Å². The predicted octanol–water partition coefficient (Wildman–Crippen LogP) is 1.34. The summed E-state index contributed by atoms with van der Waals surface area (Å²) in [5.74, 6) is 0. The normalized spacial score (nSPS) is 27.6. The maximum absolute atomic E-state index is 8.16. The largest absolute Gasteiger partial charge is 0.367 e. The molecule has 1 rings (SSSR count). The fourth-order valence-corrected chi connectivity index (χ4v) is 1.27. The smallest absolute Gasteiger partial charge is 0.136 e. The number of rotatable bonds is 1. The molecule has 1 atom stereocenters. The minimum atomic E-state index is 0.167. The van der Waals surface area contributed by atoms with Gasteiger partial charge >= 0.3 is 0 Å². The van der Waals surface area contributed by atoms with E-state index in [-0.39, 0.29) is 5.44 Å². The SMILES string of the molecule is N#CSC1CCCO1. The minimum absolute atomic E-state index is 0.167. The molecule has 1 unspecified atom stereocenters. The molecule has 0 amide bonds. The molecule has 0 aromatic rings. The molecule has 3 heteroatoms. The molecule has 1 aliphatic rings. The van der Waals surface area contributed by atoms with E-state index in [1.807, 2.05) is 5.40 Å². The van der Waals surface area contributed by atoms with Crippen molar-refractivity contribution < 1.29 is 4.74 Å². The average molecular weight is 129 g/mol. The van der Waals surface area contributed by atoms with Crippen LogP contribution in [0.3, 0.4) is 0 Å². The highest BCUT2D eigenvalue weighted by atomic mass is 32.2. The molecule has 1 saturated heterocycles. The van der Waals surface area contributed by atoms with Gasteiger partial charge in [-0.15, -0.1) is 0 Å². The summed E-state index contributed by atoms with van der Waals surface area (Å²) < 4.78 is 5.13. The average Bonchev–Trinajstić information content (AvgIpc) is 2.19. The molecule has 1 heterocycles. The van der Waals surface area contributed by atoms with Gasteiger partial charge in [-0.1, -0.05) is 0 Å². The molecule has 44 valence electrons.